The van der Waals surface area contributed by atoms with Crippen LogP contribution in [0.25, 0.3) is 0 Å². The Labute approximate surface area is 116 Å². The smallest absolute Gasteiger partial charge is 0.373 e. The van der Waals surface area contributed by atoms with Crippen LogP contribution in [0.1, 0.15) is 16.8 Å². The molecule has 0 N–H and O–H groups in total. The summed E-state index contributed by atoms with van der Waals surface area (Å²) in [7, 11) is 0. The fraction of sp³-hybridized carbons (Fsp3) is 0.444. The molecule has 1 heterocycles. The van der Waals surface area contributed by atoms with Gasteiger partial charge >= 0.3 is 6.18 Å². The second kappa shape index (κ2) is 6.31. The zero-order valence-electron chi connectivity index (χ0n) is 8.31. The van der Waals surface area contributed by atoms with Crippen molar-refractivity contribution in [2.24, 2.45) is 0 Å². The Kier molecular flexibility index (Phi) is 5.62. The highest BCUT2D eigenvalue weighted by molar-refractivity contribution is 9.12. The number of Topliss-reactive ketones (excluding diaryl/α,β-unsaturated/α-hetero) is 1. The molecule has 0 aliphatic heterocycles. The van der Waals surface area contributed by atoms with E-state index < -0.39 is 19.2 Å². The van der Waals surface area contributed by atoms with E-state index in [-0.39, 0.29) is 12.4 Å². The van der Waals surface area contributed by atoms with Crippen LogP contribution in [0, 0.1) is 0 Å². The molecule has 0 aliphatic rings. The van der Waals surface area contributed by atoms with Crippen molar-refractivity contribution >= 4 is 49.0 Å². The third-order valence-corrected chi connectivity index (χ3v) is 4.06. The molecule has 0 aromatic carbocycles. The molecule has 1 aromatic rings. The molecule has 0 unspecified atom stereocenters. The van der Waals surface area contributed by atoms with Crippen LogP contribution in [0.4, 0.5) is 13.2 Å². The van der Waals surface area contributed by atoms with E-state index in [1.807, 2.05) is 0 Å². The van der Waals surface area contributed by atoms with E-state index in [9.17, 15) is 18.0 Å². The van der Waals surface area contributed by atoms with Crippen LogP contribution in [0.5, 0.6) is 0 Å². The van der Waals surface area contributed by atoms with E-state index in [1.165, 1.54) is 11.3 Å². The lowest BCUT2D eigenvalue weighted by Crippen LogP contribution is -2.15. The molecule has 17 heavy (non-hydrogen) atoms. The lowest BCUT2D eigenvalue weighted by Gasteiger charge is -2.06. The van der Waals surface area contributed by atoms with Crippen LogP contribution in [0.2, 0.25) is 0 Å². The Morgan fingerprint density at radius 2 is 2.06 bits per heavy atom. The highest BCUT2D eigenvalue weighted by atomic mass is 79.9. The van der Waals surface area contributed by atoms with Crippen LogP contribution < -0.4 is 0 Å². The molecule has 0 amide bonds. The summed E-state index contributed by atoms with van der Waals surface area (Å²) in [4.78, 5) is 11.6. The zero-order valence-corrected chi connectivity index (χ0v) is 12.3. The van der Waals surface area contributed by atoms with Gasteiger partial charge in [0.1, 0.15) is 6.61 Å². The minimum atomic E-state index is -4.25. The number of thiophene rings is 1. The number of halogens is 5. The summed E-state index contributed by atoms with van der Waals surface area (Å²) in [6.07, 6.45) is -5.30. The number of alkyl halides is 3. The molecule has 0 radical (unpaired) electrons. The summed E-state index contributed by atoms with van der Waals surface area (Å²) in [6, 6.07) is 1.60. The highest BCUT2D eigenvalue weighted by Crippen LogP contribution is 2.32. The largest absolute Gasteiger partial charge is 0.391 e. The molecule has 2 nitrogen and oxygen atoms in total. The van der Waals surface area contributed by atoms with Crippen LogP contribution in [0.3, 0.4) is 0 Å². The molecule has 0 fully saturated rings. The van der Waals surface area contributed by atoms with Crippen LogP contribution in [-0.4, -0.2) is 25.2 Å². The summed E-state index contributed by atoms with van der Waals surface area (Å²) in [6.45, 7) is -0.851. The van der Waals surface area contributed by atoms with E-state index in [2.05, 4.69) is 36.6 Å². The molecule has 0 saturated heterocycles. The Morgan fingerprint density at radius 3 is 2.53 bits per heavy atom. The van der Waals surface area contributed by atoms with Gasteiger partial charge in [-0.05, 0) is 37.9 Å². The summed E-state index contributed by atoms with van der Waals surface area (Å²) < 4.78 is 41.5. The summed E-state index contributed by atoms with van der Waals surface area (Å²) >= 11 is 7.71. The normalized spacial score (nSPS) is 11.8. The van der Waals surface area contributed by atoms with Crippen molar-refractivity contribution in [1.82, 2.24) is 0 Å². The summed E-state index contributed by atoms with van der Waals surface area (Å²) in [5.41, 5.74) is 0.411. The van der Waals surface area contributed by atoms with Crippen molar-refractivity contribution in [3.63, 3.8) is 0 Å². The van der Waals surface area contributed by atoms with Gasteiger partial charge in [-0.25, -0.2) is 0 Å². The van der Waals surface area contributed by atoms with E-state index in [0.717, 1.165) is 3.79 Å². The van der Waals surface area contributed by atoms with Gasteiger partial charge in [0.05, 0.1) is 20.6 Å². The van der Waals surface area contributed by atoms with E-state index in [0.29, 0.717) is 9.35 Å². The second-order valence-electron chi connectivity index (χ2n) is 3.08. The number of hydrogen-bond acceptors (Lipinski definition) is 3. The summed E-state index contributed by atoms with van der Waals surface area (Å²) in [5, 5.41) is 0. The van der Waals surface area contributed by atoms with Crippen molar-refractivity contribution in [2.45, 2.75) is 12.6 Å². The molecule has 0 aliphatic carbocycles. The molecular formula is C9H7Br2F3O2S. The van der Waals surface area contributed by atoms with Crippen molar-refractivity contribution in [3.8, 4) is 0 Å². The van der Waals surface area contributed by atoms with Crippen molar-refractivity contribution in [2.75, 3.05) is 13.2 Å². The predicted octanol–water partition coefficient (Wildman–Crippen LogP) is 4.42. The van der Waals surface area contributed by atoms with Crippen LogP contribution >= 0.6 is 43.2 Å². The van der Waals surface area contributed by atoms with Crippen molar-refractivity contribution in [1.29, 1.82) is 0 Å². The van der Waals surface area contributed by atoms with Crippen molar-refractivity contribution < 1.29 is 22.7 Å². The monoisotopic (exact) mass is 394 g/mol. The minimum absolute atomic E-state index is 0.346. The fourth-order valence-electron chi connectivity index (χ4n) is 0.961. The molecular weight excluding hydrogens is 389 g/mol. The Hall–Kier alpha value is 0.0800. The zero-order chi connectivity index (χ0) is 13.1. The molecule has 96 valence electrons. The first-order valence-electron chi connectivity index (χ1n) is 4.42. The first-order valence-corrected chi connectivity index (χ1v) is 6.82. The maximum atomic E-state index is 11.8. The SMILES string of the molecule is O=C(COCCC(F)(F)F)c1cc(Br)sc1Br. The number of carbonyl (C=O) groups excluding carboxylic acids is 1. The molecule has 0 spiro atoms. The molecule has 0 atom stereocenters. The van der Waals surface area contributed by atoms with Crippen LogP contribution in [0.15, 0.2) is 13.6 Å². The van der Waals surface area contributed by atoms with Gasteiger partial charge in [0.15, 0.2) is 5.78 Å². The highest BCUT2D eigenvalue weighted by Gasteiger charge is 2.26. The topological polar surface area (TPSA) is 26.3 Å². The van der Waals surface area contributed by atoms with Gasteiger partial charge in [0.25, 0.3) is 0 Å². The Morgan fingerprint density at radius 1 is 1.41 bits per heavy atom. The lowest BCUT2D eigenvalue weighted by molar-refractivity contribution is -0.144. The molecule has 1 rings (SSSR count). The number of ether oxygens (including phenoxy) is 1. The van der Waals surface area contributed by atoms with E-state index in [4.69, 9.17) is 0 Å². The average molecular weight is 396 g/mol. The molecule has 8 heteroatoms. The minimum Gasteiger partial charge on any atom is -0.373 e. The standard InChI is InChI=1S/C9H7Br2F3O2S/c10-7-3-5(8(11)17-7)6(15)4-16-2-1-9(12,13)14/h3H,1-2,4H2. The van der Waals surface area contributed by atoms with Crippen LogP contribution in [-0.2, 0) is 4.74 Å². The predicted molar refractivity (Wildman–Crippen MR) is 65.5 cm³/mol. The fourth-order valence-corrected chi connectivity index (χ4v) is 3.82. The summed E-state index contributed by atoms with van der Waals surface area (Å²) in [5.74, 6) is -0.346. The van der Waals surface area contributed by atoms with Crippen molar-refractivity contribution in [3.05, 3.63) is 19.2 Å². The maximum Gasteiger partial charge on any atom is 0.391 e. The van der Waals surface area contributed by atoms with Gasteiger partial charge in [-0.1, -0.05) is 0 Å². The Bertz CT molecular complexity index is 403. The molecule has 0 saturated carbocycles. The lowest BCUT2D eigenvalue weighted by atomic mass is 10.2. The number of hydrogen-bond donors (Lipinski definition) is 0. The maximum absolute atomic E-state index is 11.8. The van der Waals surface area contributed by atoms with Gasteiger partial charge in [-0.3, -0.25) is 4.79 Å². The second-order valence-corrected chi connectivity index (χ2v) is 6.83. The van der Waals surface area contributed by atoms with Gasteiger partial charge in [-0.2, -0.15) is 13.2 Å². The first-order chi connectivity index (χ1) is 7.79. The Balaban J connectivity index is 2.38. The third kappa shape index (κ3) is 5.50. The van der Waals surface area contributed by atoms with E-state index >= 15 is 0 Å². The third-order valence-electron chi connectivity index (χ3n) is 1.72. The molecule has 1 aromatic heterocycles. The number of ketones is 1. The average Bonchev–Trinajstić information content (AvgIpc) is 2.51. The van der Waals surface area contributed by atoms with E-state index in [1.54, 1.807) is 6.07 Å². The van der Waals surface area contributed by atoms with Gasteiger partial charge in [0, 0.05) is 5.56 Å². The van der Waals surface area contributed by atoms with Gasteiger partial charge in [0.2, 0.25) is 0 Å². The first kappa shape index (κ1) is 15.1. The quantitative estimate of drug-likeness (QED) is 0.544. The number of carbonyl (C=O) groups is 1. The number of rotatable bonds is 5. The van der Waals surface area contributed by atoms with Gasteiger partial charge < -0.3 is 4.74 Å². The van der Waals surface area contributed by atoms with Gasteiger partial charge in [-0.15, -0.1) is 11.3 Å². The molecule has 0 bridgehead atoms.